The molecule has 3 nitrogen and oxygen atoms in total. The van der Waals surface area contributed by atoms with Gasteiger partial charge in [0, 0.05) is 5.56 Å². The maximum absolute atomic E-state index is 13.0. The summed E-state index contributed by atoms with van der Waals surface area (Å²) in [5, 5.41) is 13.4. The van der Waals surface area contributed by atoms with E-state index in [1.807, 2.05) is 26.0 Å². The summed E-state index contributed by atoms with van der Waals surface area (Å²) in [5.41, 5.74) is 3.80. The molecule has 0 saturated heterocycles. The first kappa shape index (κ1) is 13.8. The Bertz CT molecular complexity index is 709. The molecular formula is C17H16FNO2. The Labute approximate surface area is 122 Å². The summed E-state index contributed by atoms with van der Waals surface area (Å²) in [6.45, 7) is 3.77. The van der Waals surface area contributed by atoms with Crippen LogP contribution >= 0.6 is 0 Å². The van der Waals surface area contributed by atoms with Crippen molar-refractivity contribution in [1.82, 2.24) is 0 Å². The van der Waals surface area contributed by atoms with E-state index in [1.54, 1.807) is 12.1 Å². The van der Waals surface area contributed by atoms with Crippen molar-refractivity contribution in [2.75, 3.05) is 5.32 Å². The Kier molecular flexibility index (Phi) is 3.26. The van der Waals surface area contributed by atoms with E-state index in [0.29, 0.717) is 16.8 Å². The number of fused-ring (bicyclic) bond motifs is 1. The van der Waals surface area contributed by atoms with Gasteiger partial charge in [0.15, 0.2) is 0 Å². The van der Waals surface area contributed by atoms with Gasteiger partial charge >= 0.3 is 0 Å². The second kappa shape index (κ2) is 4.97. The standard InChI is InChI=1S/C17H16FNO2/c1-9-7-13-10(2)17(21)19-15(13)14(8-9)16(20)11-3-5-12(18)6-4-11/h3-8,10,16,20H,1-2H3,(H,19,21). The van der Waals surface area contributed by atoms with E-state index >= 15 is 0 Å². The van der Waals surface area contributed by atoms with Crippen LogP contribution in [-0.2, 0) is 4.79 Å². The molecule has 0 aliphatic carbocycles. The van der Waals surface area contributed by atoms with Crippen LogP contribution in [0.5, 0.6) is 0 Å². The molecule has 1 heterocycles. The highest BCUT2D eigenvalue weighted by atomic mass is 19.1. The SMILES string of the molecule is Cc1cc2c(c(C(O)c3ccc(F)cc3)c1)NC(=O)C2C. The molecule has 0 radical (unpaired) electrons. The van der Waals surface area contributed by atoms with Crippen LogP contribution in [0.1, 0.15) is 41.2 Å². The molecule has 0 bridgehead atoms. The number of benzene rings is 2. The largest absolute Gasteiger partial charge is 0.384 e. The van der Waals surface area contributed by atoms with E-state index in [4.69, 9.17) is 0 Å². The number of aliphatic hydroxyl groups is 1. The summed E-state index contributed by atoms with van der Waals surface area (Å²) in [7, 11) is 0. The van der Waals surface area contributed by atoms with E-state index in [-0.39, 0.29) is 17.6 Å². The molecule has 0 spiro atoms. The number of hydrogen-bond acceptors (Lipinski definition) is 2. The lowest BCUT2D eigenvalue weighted by Gasteiger charge is -2.16. The van der Waals surface area contributed by atoms with Gasteiger partial charge in [-0.15, -0.1) is 0 Å². The fourth-order valence-electron chi connectivity index (χ4n) is 2.74. The van der Waals surface area contributed by atoms with E-state index in [2.05, 4.69) is 5.32 Å². The number of halogens is 1. The van der Waals surface area contributed by atoms with Crippen molar-refractivity contribution in [1.29, 1.82) is 0 Å². The molecule has 0 aromatic heterocycles. The van der Waals surface area contributed by atoms with Crippen molar-refractivity contribution in [3.63, 3.8) is 0 Å². The van der Waals surface area contributed by atoms with Crippen molar-refractivity contribution in [3.05, 3.63) is 64.5 Å². The van der Waals surface area contributed by atoms with Crippen LogP contribution in [0.2, 0.25) is 0 Å². The zero-order chi connectivity index (χ0) is 15.1. The minimum absolute atomic E-state index is 0.0665. The van der Waals surface area contributed by atoms with Gasteiger partial charge in [-0.25, -0.2) is 4.39 Å². The van der Waals surface area contributed by atoms with Crippen LogP contribution in [0, 0.1) is 12.7 Å². The summed E-state index contributed by atoms with van der Waals surface area (Å²) >= 11 is 0. The highest BCUT2D eigenvalue weighted by Gasteiger charge is 2.30. The smallest absolute Gasteiger partial charge is 0.231 e. The van der Waals surface area contributed by atoms with Crippen molar-refractivity contribution in [3.8, 4) is 0 Å². The number of nitrogens with one attached hydrogen (secondary N) is 1. The predicted octanol–water partition coefficient (Wildman–Crippen LogP) is 3.27. The van der Waals surface area contributed by atoms with Crippen molar-refractivity contribution in [2.24, 2.45) is 0 Å². The van der Waals surface area contributed by atoms with E-state index in [9.17, 15) is 14.3 Å². The van der Waals surface area contributed by atoms with Crippen molar-refractivity contribution in [2.45, 2.75) is 25.9 Å². The molecule has 2 aromatic rings. The summed E-state index contributed by atoms with van der Waals surface area (Å²) in [5.74, 6) is -0.635. The predicted molar refractivity (Wildman–Crippen MR) is 78.7 cm³/mol. The molecule has 1 aliphatic rings. The number of anilines is 1. The van der Waals surface area contributed by atoms with Crippen LogP contribution in [0.15, 0.2) is 36.4 Å². The van der Waals surface area contributed by atoms with Crippen LogP contribution in [0.4, 0.5) is 10.1 Å². The lowest BCUT2D eigenvalue weighted by atomic mass is 9.93. The van der Waals surface area contributed by atoms with Gasteiger partial charge in [0.25, 0.3) is 0 Å². The Morgan fingerprint density at radius 1 is 1.24 bits per heavy atom. The average molecular weight is 285 g/mol. The van der Waals surface area contributed by atoms with Gasteiger partial charge in [0.2, 0.25) is 5.91 Å². The molecule has 0 saturated carbocycles. The summed E-state index contributed by atoms with van der Waals surface area (Å²) in [6, 6.07) is 9.54. The third-order valence-corrected chi connectivity index (χ3v) is 3.93. The molecule has 2 unspecified atom stereocenters. The first-order valence-corrected chi connectivity index (χ1v) is 6.86. The van der Waals surface area contributed by atoms with E-state index < -0.39 is 6.10 Å². The monoisotopic (exact) mass is 285 g/mol. The summed E-state index contributed by atoms with van der Waals surface area (Å²) in [4.78, 5) is 11.9. The number of hydrogen-bond donors (Lipinski definition) is 2. The summed E-state index contributed by atoms with van der Waals surface area (Å²) < 4.78 is 13.0. The second-order valence-electron chi connectivity index (χ2n) is 5.48. The number of carbonyl (C=O) groups excluding carboxylic acids is 1. The molecule has 1 aliphatic heterocycles. The number of rotatable bonds is 2. The molecule has 2 aromatic carbocycles. The van der Waals surface area contributed by atoms with Gasteiger partial charge in [-0.2, -0.15) is 0 Å². The topological polar surface area (TPSA) is 49.3 Å². The number of amides is 1. The van der Waals surface area contributed by atoms with E-state index in [0.717, 1.165) is 11.1 Å². The normalized spacial score (nSPS) is 18.3. The molecule has 3 rings (SSSR count). The Hall–Kier alpha value is -2.20. The Morgan fingerprint density at radius 2 is 1.90 bits per heavy atom. The van der Waals surface area contributed by atoms with Crippen LogP contribution in [-0.4, -0.2) is 11.0 Å². The van der Waals surface area contributed by atoms with Gasteiger partial charge in [-0.1, -0.05) is 29.8 Å². The Balaban J connectivity index is 2.09. The van der Waals surface area contributed by atoms with Crippen molar-refractivity contribution < 1.29 is 14.3 Å². The van der Waals surface area contributed by atoms with E-state index in [1.165, 1.54) is 12.1 Å². The molecule has 2 N–H and O–H groups in total. The zero-order valence-corrected chi connectivity index (χ0v) is 11.9. The maximum atomic E-state index is 13.0. The number of aliphatic hydroxyl groups excluding tert-OH is 1. The quantitative estimate of drug-likeness (QED) is 0.889. The Morgan fingerprint density at radius 3 is 2.57 bits per heavy atom. The fraction of sp³-hybridized carbons (Fsp3) is 0.235. The number of aryl methyl sites for hydroxylation is 1. The number of carbonyl (C=O) groups is 1. The lowest BCUT2D eigenvalue weighted by molar-refractivity contribution is -0.116. The molecule has 1 amide bonds. The fourth-order valence-corrected chi connectivity index (χ4v) is 2.74. The maximum Gasteiger partial charge on any atom is 0.231 e. The third kappa shape index (κ3) is 2.32. The minimum Gasteiger partial charge on any atom is -0.384 e. The summed E-state index contributed by atoms with van der Waals surface area (Å²) in [6.07, 6.45) is -0.898. The van der Waals surface area contributed by atoms with Gasteiger partial charge in [-0.05, 0) is 37.1 Å². The van der Waals surface area contributed by atoms with Gasteiger partial charge in [0.05, 0.1) is 11.6 Å². The first-order valence-electron chi connectivity index (χ1n) is 6.86. The minimum atomic E-state index is -0.898. The van der Waals surface area contributed by atoms with Crippen LogP contribution in [0.25, 0.3) is 0 Å². The van der Waals surface area contributed by atoms with Gasteiger partial charge in [-0.3, -0.25) is 4.79 Å². The average Bonchev–Trinajstić information content (AvgIpc) is 2.74. The molecule has 0 fully saturated rings. The molecule has 4 heteroatoms. The van der Waals surface area contributed by atoms with Crippen LogP contribution < -0.4 is 5.32 Å². The van der Waals surface area contributed by atoms with Gasteiger partial charge < -0.3 is 10.4 Å². The van der Waals surface area contributed by atoms with Crippen LogP contribution in [0.3, 0.4) is 0 Å². The molecule has 108 valence electrons. The highest BCUT2D eigenvalue weighted by molar-refractivity contribution is 6.03. The van der Waals surface area contributed by atoms with Gasteiger partial charge in [0.1, 0.15) is 11.9 Å². The molecule has 2 atom stereocenters. The highest BCUT2D eigenvalue weighted by Crippen LogP contribution is 2.40. The zero-order valence-electron chi connectivity index (χ0n) is 11.9. The lowest BCUT2D eigenvalue weighted by Crippen LogP contribution is -2.09. The van der Waals surface area contributed by atoms with Crippen molar-refractivity contribution >= 4 is 11.6 Å². The third-order valence-electron chi connectivity index (χ3n) is 3.93. The molecule has 21 heavy (non-hydrogen) atoms. The second-order valence-corrected chi connectivity index (χ2v) is 5.48. The first-order chi connectivity index (χ1) is 9.97. The molecular weight excluding hydrogens is 269 g/mol.